The predicted octanol–water partition coefficient (Wildman–Crippen LogP) is 2.96. The van der Waals surface area contributed by atoms with Gasteiger partial charge < -0.3 is 14.2 Å². The van der Waals surface area contributed by atoms with Gasteiger partial charge in [-0.1, -0.05) is 20.8 Å². The summed E-state index contributed by atoms with van der Waals surface area (Å²) in [5.41, 5.74) is 1.92. The van der Waals surface area contributed by atoms with E-state index in [2.05, 4.69) is 11.9 Å². The van der Waals surface area contributed by atoms with E-state index in [9.17, 15) is 4.79 Å². The number of likely N-dealkylation sites (N-methyl/N-ethyl adjacent to an activating group) is 1. The first-order valence-electron chi connectivity index (χ1n) is 8.06. The van der Waals surface area contributed by atoms with E-state index in [-0.39, 0.29) is 24.0 Å². The van der Waals surface area contributed by atoms with E-state index in [1.807, 2.05) is 26.8 Å². The summed E-state index contributed by atoms with van der Waals surface area (Å²) in [5.74, 6) is 2.37. The summed E-state index contributed by atoms with van der Waals surface area (Å²) in [6, 6.07) is 2.05. The third-order valence-electron chi connectivity index (χ3n) is 4.76. The summed E-state index contributed by atoms with van der Waals surface area (Å²) in [5, 5.41) is 0. The molecule has 0 saturated heterocycles. The Morgan fingerprint density at radius 3 is 2.78 bits per heavy atom. The van der Waals surface area contributed by atoms with Crippen LogP contribution in [-0.2, 0) is 11.2 Å². The van der Waals surface area contributed by atoms with E-state index < -0.39 is 0 Å². The molecule has 0 bridgehead atoms. The van der Waals surface area contributed by atoms with Crippen LogP contribution in [-0.4, -0.2) is 38.2 Å². The summed E-state index contributed by atoms with van der Waals surface area (Å²) >= 11 is 0. The molecule has 1 atom stereocenters. The molecule has 0 N–H and O–H groups in total. The molecule has 5 nitrogen and oxygen atoms in total. The van der Waals surface area contributed by atoms with E-state index in [0.29, 0.717) is 17.9 Å². The lowest BCUT2D eigenvalue weighted by Crippen LogP contribution is -2.36. The Morgan fingerprint density at radius 1 is 1.39 bits per heavy atom. The van der Waals surface area contributed by atoms with Crippen molar-refractivity contribution >= 4 is 5.78 Å². The van der Waals surface area contributed by atoms with Crippen LogP contribution in [0.1, 0.15) is 44.4 Å². The lowest BCUT2D eigenvalue weighted by Gasteiger charge is -2.36. The van der Waals surface area contributed by atoms with Crippen molar-refractivity contribution in [2.75, 3.05) is 27.5 Å². The van der Waals surface area contributed by atoms with E-state index in [4.69, 9.17) is 14.2 Å². The van der Waals surface area contributed by atoms with Crippen molar-refractivity contribution in [2.24, 2.45) is 5.41 Å². The van der Waals surface area contributed by atoms with Crippen LogP contribution in [0.2, 0.25) is 0 Å². The highest BCUT2D eigenvalue weighted by atomic mass is 16.7. The number of hydrogen-bond donors (Lipinski definition) is 0. The largest absolute Gasteiger partial charge is 0.492 e. The van der Waals surface area contributed by atoms with Crippen LogP contribution in [0.15, 0.2) is 6.07 Å². The molecule has 0 aromatic heterocycles. The lowest BCUT2D eigenvalue weighted by atomic mass is 9.82. The number of methoxy groups -OCH3 is 1. The molecule has 2 heterocycles. The van der Waals surface area contributed by atoms with Crippen LogP contribution in [0.25, 0.3) is 0 Å². The van der Waals surface area contributed by atoms with Crippen molar-refractivity contribution in [3.8, 4) is 17.2 Å². The van der Waals surface area contributed by atoms with Crippen molar-refractivity contribution in [1.29, 1.82) is 0 Å². The highest BCUT2D eigenvalue weighted by Gasteiger charge is 2.36. The number of nitrogens with zero attached hydrogens (tertiary/aromatic N) is 1. The molecule has 0 radical (unpaired) electrons. The fourth-order valence-electron chi connectivity index (χ4n) is 3.26. The maximum atomic E-state index is 12.6. The first-order valence-corrected chi connectivity index (χ1v) is 8.06. The van der Waals surface area contributed by atoms with Crippen molar-refractivity contribution < 1.29 is 19.0 Å². The number of carbonyl (C=O) groups excluding carboxylic acids is 1. The quantitative estimate of drug-likeness (QED) is 0.857. The van der Waals surface area contributed by atoms with Crippen LogP contribution < -0.4 is 14.2 Å². The van der Waals surface area contributed by atoms with Gasteiger partial charge >= 0.3 is 0 Å². The van der Waals surface area contributed by atoms with Crippen molar-refractivity contribution in [1.82, 2.24) is 4.90 Å². The number of carbonyl (C=O) groups is 1. The van der Waals surface area contributed by atoms with Crippen molar-refractivity contribution in [3.63, 3.8) is 0 Å². The van der Waals surface area contributed by atoms with Crippen molar-refractivity contribution in [2.45, 2.75) is 39.7 Å². The average molecular weight is 319 g/mol. The molecule has 0 fully saturated rings. The minimum Gasteiger partial charge on any atom is -0.492 e. The lowest BCUT2D eigenvalue weighted by molar-refractivity contribution is -0.127. The van der Waals surface area contributed by atoms with E-state index in [1.54, 1.807) is 7.11 Å². The Bertz CT molecular complexity index is 633. The summed E-state index contributed by atoms with van der Waals surface area (Å²) in [4.78, 5) is 14.8. The Labute approximate surface area is 137 Å². The molecule has 1 unspecified atom stereocenters. The minimum absolute atomic E-state index is 0.00919. The van der Waals surface area contributed by atoms with Crippen LogP contribution in [0, 0.1) is 5.41 Å². The number of rotatable bonds is 3. The molecule has 1 aromatic carbocycles. The molecule has 126 valence electrons. The zero-order chi connectivity index (χ0) is 16.8. The molecule has 23 heavy (non-hydrogen) atoms. The molecule has 2 aliphatic heterocycles. The Hall–Kier alpha value is -1.75. The van der Waals surface area contributed by atoms with Crippen molar-refractivity contribution in [3.05, 3.63) is 17.2 Å². The van der Waals surface area contributed by atoms with Gasteiger partial charge in [-0.3, -0.25) is 9.69 Å². The van der Waals surface area contributed by atoms with Gasteiger partial charge in [-0.25, -0.2) is 0 Å². The van der Waals surface area contributed by atoms with Gasteiger partial charge in [0, 0.05) is 30.0 Å². The van der Waals surface area contributed by atoms with Crippen LogP contribution in [0.3, 0.4) is 0 Å². The van der Waals surface area contributed by atoms with Gasteiger partial charge in [-0.05, 0) is 25.1 Å². The normalized spacial score (nSPS) is 20.3. The molecule has 3 rings (SSSR count). The molecule has 0 aliphatic carbocycles. The SMILES string of the molecule is COc1c2c(cc3c1C(CC(=O)C(C)(C)C)N(C)CC3)OCO2. The van der Waals surface area contributed by atoms with Crippen LogP contribution >= 0.6 is 0 Å². The first kappa shape index (κ1) is 16.1. The molecule has 1 aromatic rings. The van der Waals surface area contributed by atoms with E-state index >= 15 is 0 Å². The Balaban J connectivity index is 2.05. The second-order valence-electron chi connectivity index (χ2n) is 7.34. The molecule has 0 spiro atoms. The topological polar surface area (TPSA) is 48.0 Å². The number of benzene rings is 1. The number of hydrogen-bond acceptors (Lipinski definition) is 5. The Kier molecular flexibility index (Phi) is 4.00. The smallest absolute Gasteiger partial charge is 0.231 e. The standard InChI is InChI=1S/C18H25NO4/c1-18(2,3)14(20)9-12-15-11(6-7-19(12)4)8-13-16(17(15)21-5)23-10-22-13/h8,12H,6-7,9-10H2,1-5H3. The van der Waals surface area contributed by atoms with Gasteiger partial charge in [0.1, 0.15) is 5.78 Å². The number of Topliss-reactive ketones (excluding diaryl/α,β-unsaturated/α-hetero) is 1. The number of ketones is 1. The van der Waals surface area contributed by atoms with E-state index in [0.717, 1.165) is 24.3 Å². The zero-order valence-electron chi connectivity index (χ0n) is 14.6. The third-order valence-corrected chi connectivity index (χ3v) is 4.76. The second kappa shape index (κ2) is 5.71. The fourth-order valence-corrected chi connectivity index (χ4v) is 3.26. The maximum absolute atomic E-state index is 12.6. The molecule has 5 heteroatoms. The summed E-state index contributed by atoms with van der Waals surface area (Å²) in [6.07, 6.45) is 1.39. The number of ether oxygens (including phenoxy) is 3. The van der Waals surface area contributed by atoms with Gasteiger partial charge in [-0.15, -0.1) is 0 Å². The van der Waals surface area contributed by atoms with Crippen LogP contribution in [0.5, 0.6) is 17.2 Å². The molecular weight excluding hydrogens is 294 g/mol. The van der Waals surface area contributed by atoms with Gasteiger partial charge in [-0.2, -0.15) is 0 Å². The Morgan fingerprint density at radius 2 is 2.13 bits per heavy atom. The fraction of sp³-hybridized carbons (Fsp3) is 0.611. The second-order valence-corrected chi connectivity index (χ2v) is 7.34. The molecule has 0 amide bonds. The van der Waals surface area contributed by atoms with Crippen LogP contribution in [0.4, 0.5) is 0 Å². The predicted molar refractivity (Wildman–Crippen MR) is 87.3 cm³/mol. The van der Waals surface area contributed by atoms with E-state index in [1.165, 1.54) is 5.56 Å². The minimum atomic E-state index is -0.345. The van der Waals surface area contributed by atoms with Gasteiger partial charge in [0.2, 0.25) is 12.5 Å². The molecule has 2 aliphatic rings. The highest BCUT2D eigenvalue weighted by molar-refractivity contribution is 5.84. The van der Waals surface area contributed by atoms with Gasteiger partial charge in [0.25, 0.3) is 0 Å². The zero-order valence-corrected chi connectivity index (χ0v) is 14.6. The third kappa shape index (κ3) is 2.78. The van der Waals surface area contributed by atoms with Gasteiger partial charge in [0.05, 0.1) is 7.11 Å². The first-order chi connectivity index (χ1) is 10.8. The summed E-state index contributed by atoms with van der Waals surface area (Å²) in [7, 11) is 3.71. The number of fused-ring (bicyclic) bond motifs is 2. The van der Waals surface area contributed by atoms with Gasteiger partial charge in [0.15, 0.2) is 11.5 Å². The highest BCUT2D eigenvalue weighted by Crippen LogP contribution is 2.50. The average Bonchev–Trinajstić information content (AvgIpc) is 2.94. The monoisotopic (exact) mass is 319 g/mol. The molecular formula is C18H25NO4. The maximum Gasteiger partial charge on any atom is 0.231 e. The summed E-state index contributed by atoms with van der Waals surface area (Å²) < 4.78 is 16.8. The molecule has 0 saturated carbocycles. The summed E-state index contributed by atoms with van der Waals surface area (Å²) in [6.45, 7) is 7.04.